The van der Waals surface area contributed by atoms with Gasteiger partial charge in [-0.05, 0) is 41.1 Å². The molecule has 1 N–H and O–H groups in total. The van der Waals surface area contributed by atoms with Gasteiger partial charge < -0.3 is 5.32 Å². The van der Waals surface area contributed by atoms with E-state index < -0.39 is 0 Å². The van der Waals surface area contributed by atoms with Gasteiger partial charge in [0.25, 0.3) is 0 Å². The summed E-state index contributed by atoms with van der Waals surface area (Å²) in [5.41, 5.74) is 2.47. The molecule has 0 amide bonds. The van der Waals surface area contributed by atoms with Crippen molar-refractivity contribution in [3.63, 3.8) is 0 Å². The van der Waals surface area contributed by atoms with Crippen LogP contribution in [0.15, 0.2) is 4.47 Å². The number of aromatic nitrogens is 2. The van der Waals surface area contributed by atoms with Gasteiger partial charge in [0.1, 0.15) is 0 Å². The highest BCUT2D eigenvalue weighted by molar-refractivity contribution is 9.10. The van der Waals surface area contributed by atoms with Gasteiger partial charge in [-0.2, -0.15) is 16.9 Å². The second kappa shape index (κ2) is 9.03. The van der Waals surface area contributed by atoms with Gasteiger partial charge in [-0.15, -0.1) is 0 Å². The SMILES string of the molecule is CCCSCC(Cc1c(Br)c(CC)nn1C)NCC. The first-order chi connectivity index (χ1) is 9.13. The van der Waals surface area contributed by atoms with Gasteiger partial charge in [0, 0.05) is 25.3 Å². The molecule has 19 heavy (non-hydrogen) atoms. The third kappa shape index (κ3) is 5.12. The average molecular weight is 348 g/mol. The first-order valence-corrected chi connectivity index (χ1v) is 9.10. The lowest BCUT2D eigenvalue weighted by Gasteiger charge is -2.18. The van der Waals surface area contributed by atoms with Crippen LogP contribution in [0.5, 0.6) is 0 Å². The zero-order chi connectivity index (χ0) is 14.3. The number of thioether (sulfide) groups is 1. The molecule has 1 aromatic rings. The molecule has 0 radical (unpaired) electrons. The number of nitrogens with zero attached hydrogens (tertiary/aromatic N) is 2. The molecule has 110 valence electrons. The molecule has 0 fully saturated rings. The Morgan fingerprint density at radius 1 is 1.37 bits per heavy atom. The standard InChI is InChI=1S/C14H26BrN3S/c1-5-8-19-10-11(16-7-3)9-13-14(15)12(6-2)17-18(13)4/h11,16H,5-10H2,1-4H3. The highest BCUT2D eigenvalue weighted by Crippen LogP contribution is 2.23. The fourth-order valence-electron chi connectivity index (χ4n) is 2.12. The topological polar surface area (TPSA) is 29.9 Å². The molecule has 0 saturated carbocycles. The third-order valence-electron chi connectivity index (χ3n) is 3.10. The molecule has 0 saturated heterocycles. The summed E-state index contributed by atoms with van der Waals surface area (Å²) in [6.07, 6.45) is 3.26. The van der Waals surface area contributed by atoms with Gasteiger partial charge in [0.15, 0.2) is 0 Å². The average Bonchev–Trinajstić information content (AvgIpc) is 2.66. The van der Waals surface area contributed by atoms with Crippen LogP contribution in [0.3, 0.4) is 0 Å². The van der Waals surface area contributed by atoms with E-state index in [4.69, 9.17) is 0 Å². The Bertz CT molecular complexity index is 379. The summed E-state index contributed by atoms with van der Waals surface area (Å²) in [5, 5.41) is 8.16. The molecule has 1 aromatic heterocycles. The van der Waals surface area contributed by atoms with Crippen molar-refractivity contribution in [1.82, 2.24) is 15.1 Å². The highest BCUT2D eigenvalue weighted by Gasteiger charge is 2.17. The van der Waals surface area contributed by atoms with Gasteiger partial charge in [0.05, 0.1) is 15.9 Å². The number of nitrogens with one attached hydrogen (secondary N) is 1. The molecule has 0 aliphatic rings. The van der Waals surface area contributed by atoms with Crippen molar-refractivity contribution in [1.29, 1.82) is 0 Å². The quantitative estimate of drug-likeness (QED) is 0.694. The Hall–Kier alpha value is -0.0000000000000000763. The van der Waals surface area contributed by atoms with Gasteiger partial charge in [-0.25, -0.2) is 0 Å². The van der Waals surface area contributed by atoms with Crippen LogP contribution in [0.4, 0.5) is 0 Å². The lowest BCUT2D eigenvalue weighted by Crippen LogP contribution is -2.34. The number of aryl methyl sites for hydroxylation is 2. The fourth-order valence-corrected chi connectivity index (χ4v) is 3.88. The van der Waals surface area contributed by atoms with E-state index in [1.54, 1.807) is 0 Å². The van der Waals surface area contributed by atoms with Crippen LogP contribution in [-0.4, -0.2) is 33.9 Å². The fraction of sp³-hybridized carbons (Fsp3) is 0.786. The molecule has 0 aliphatic carbocycles. The van der Waals surface area contributed by atoms with E-state index in [1.165, 1.54) is 28.1 Å². The van der Waals surface area contributed by atoms with E-state index in [0.29, 0.717) is 6.04 Å². The number of likely N-dealkylation sites (N-methyl/N-ethyl adjacent to an activating group) is 1. The van der Waals surface area contributed by atoms with Gasteiger partial charge in [-0.3, -0.25) is 4.68 Å². The van der Waals surface area contributed by atoms with Crippen LogP contribution in [-0.2, 0) is 19.9 Å². The second-order valence-electron chi connectivity index (χ2n) is 4.72. The predicted molar refractivity (Wildman–Crippen MR) is 89.1 cm³/mol. The van der Waals surface area contributed by atoms with E-state index in [9.17, 15) is 0 Å². The minimum atomic E-state index is 0.526. The maximum absolute atomic E-state index is 4.57. The monoisotopic (exact) mass is 347 g/mol. The van der Waals surface area contributed by atoms with Crippen molar-refractivity contribution >= 4 is 27.7 Å². The minimum Gasteiger partial charge on any atom is -0.313 e. The van der Waals surface area contributed by atoms with Gasteiger partial charge in [0.2, 0.25) is 0 Å². The van der Waals surface area contributed by atoms with Crippen molar-refractivity contribution in [3.8, 4) is 0 Å². The normalized spacial score (nSPS) is 12.9. The molecular weight excluding hydrogens is 322 g/mol. The lowest BCUT2D eigenvalue weighted by molar-refractivity contribution is 0.548. The van der Waals surface area contributed by atoms with Crippen LogP contribution in [0.1, 0.15) is 38.6 Å². The van der Waals surface area contributed by atoms with Crippen LogP contribution < -0.4 is 5.32 Å². The molecular formula is C14H26BrN3S. The molecule has 0 aromatic carbocycles. The van der Waals surface area contributed by atoms with E-state index in [0.717, 1.165) is 25.1 Å². The summed E-state index contributed by atoms with van der Waals surface area (Å²) in [7, 11) is 2.04. The molecule has 1 heterocycles. The molecule has 5 heteroatoms. The summed E-state index contributed by atoms with van der Waals surface area (Å²) in [6, 6.07) is 0.526. The predicted octanol–water partition coefficient (Wildman–Crippen LogP) is 3.41. The van der Waals surface area contributed by atoms with Crippen molar-refractivity contribution in [2.45, 2.75) is 46.1 Å². The minimum absolute atomic E-state index is 0.526. The van der Waals surface area contributed by atoms with E-state index in [-0.39, 0.29) is 0 Å². The van der Waals surface area contributed by atoms with Gasteiger partial charge in [-0.1, -0.05) is 20.8 Å². The van der Waals surface area contributed by atoms with Crippen LogP contribution >= 0.6 is 27.7 Å². The lowest BCUT2D eigenvalue weighted by atomic mass is 10.1. The summed E-state index contributed by atoms with van der Waals surface area (Å²) in [4.78, 5) is 0. The summed E-state index contributed by atoms with van der Waals surface area (Å²) in [6.45, 7) is 7.58. The van der Waals surface area contributed by atoms with Crippen LogP contribution in [0, 0.1) is 0 Å². The number of hydrogen-bond acceptors (Lipinski definition) is 3. The van der Waals surface area contributed by atoms with Crippen molar-refractivity contribution in [2.24, 2.45) is 7.05 Å². The molecule has 0 spiro atoms. The largest absolute Gasteiger partial charge is 0.313 e. The van der Waals surface area contributed by atoms with Crippen molar-refractivity contribution in [2.75, 3.05) is 18.1 Å². The third-order valence-corrected chi connectivity index (χ3v) is 5.35. The van der Waals surface area contributed by atoms with Gasteiger partial charge >= 0.3 is 0 Å². The molecule has 1 atom stereocenters. The number of halogens is 1. The van der Waals surface area contributed by atoms with E-state index in [2.05, 4.69) is 47.1 Å². The maximum atomic E-state index is 4.57. The van der Waals surface area contributed by atoms with E-state index in [1.807, 2.05) is 23.5 Å². The molecule has 0 bridgehead atoms. The first-order valence-electron chi connectivity index (χ1n) is 7.15. The zero-order valence-corrected chi connectivity index (χ0v) is 14.9. The number of hydrogen-bond donors (Lipinski definition) is 1. The summed E-state index contributed by atoms with van der Waals surface area (Å²) < 4.78 is 3.22. The second-order valence-corrected chi connectivity index (χ2v) is 6.66. The molecule has 1 unspecified atom stereocenters. The Kier molecular flexibility index (Phi) is 8.11. The smallest absolute Gasteiger partial charge is 0.0766 e. The van der Waals surface area contributed by atoms with Crippen LogP contribution in [0.2, 0.25) is 0 Å². The highest BCUT2D eigenvalue weighted by atomic mass is 79.9. The molecule has 3 nitrogen and oxygen atoms in total. The van der Waals surface area contributed by atoms with E-state index >= 15 is 0 Å². The summed E-state index contributed by atoms with van der Waals surface area (Å²) >= 11 is 5.74. The maximum Gasteiger partial charge on any atom is 0.0766 e. The number of rotatable bonds is 9. The first kappa shape index (κ1) is 17.1. The molecule has 0 aliphatic heterocycles. The van der Waals surface area contributed by atoms with Crippen LogP contribution in [0.25, 0.3) is 0 Å². The summed E-state index contributed by atoms with van der Waals surface area (Å²) in [5.74, 6) is 2.41. The zero-order valence-electron chi connectivity index (χ0n) is 12.5. The Labute approximate surface area is 130 Å². The van der Waals surface area contributed by atoms with Crippen molar-refractivity contribution < 1.29 is 0 Å². The Morgan fingerprint density at radius 3 is 2.63 bits per heavy atom. The Balaban J connectivity index is 2.69. The van der Waals surface area contributed by atoms with Crippen molar-refractivity contribution in [3.05, 3.63) is 15.9 Å². The Morgan fingerprint density at radius 2 is 2.11 bits per heavy atom. The molecule has 1 rings (SSSR count).